The summed E-state index contributed by atoms with van der Waals surface area (Å²) in [6.07, 6.45) is 3.07. The fourth-order valence-corrected chi connectivity index (χ4v) is 2.38. The highest BCUT2D eigenvalue weighted by Gasteiger charge is 2.11. The fraction of sp³-hybridized carbons (Fsp3) is 0.588. The van der Waals surface area contributed by atoms with Gasteiger partial charge in [-0.25, -0.2) is 0 Å². The van der Waals surface area contributed by atoms with E-state index < -0.39 is 0 Å². The van der Waals surface area contributed by atoms with Crippen molar-refractivity contribution in [3.63, 3.8) is 0 Å². The van der Waals surface area contributed by atoms with E-state index in [4.69, 9.17) is 0 Å². The predicted octanol–water partition coefficient (Wildman–Crippen LogP) is 3.39. The van der Waals surface area contributed by atoms with Crippen LogP contribution in [-0.2, 0) is 11.3 Å². The topological polar surface area (TPSA) is 32.3 Å². The molecule has 0 bridgehead atoms. The van der Waals surface area contributed by atoms with Gasteiger partial charge in [0.25, 0.3) is 0 Å². The zero-order valence-electron chi connectivity index (χ0n) is 13.9. The van der Waals surface area contributed by atoms with Gasteiger partial charge < -0.3 is 5.32 Å². The second kappa shape index (κ2) is 8.44. The average molecular weight is 308 g/mol. The Morgan fingerprint density at radius 2 is 1.86 bits per heavy atom. The number of hydrogen-bond acceptors (Lipinski definition) is 3. The number of carbonyl (C=O) groups excluding carboxylic acids is 1. The standard InChI is InChI=1S/C17H28N2OS/c1-17(2,3)10-11-18-16(20)13-19(4)12-14-6-8-15(21-5)9-7-14/h6-9H,10-13H2,1-5H3,(H,18,20). The van der Waals surface area contributed by atoms with Gasteiger partial charge in [-0.3, -0.25) is 9.69 Å². The van der Waals surface area contributed by atoms with Crippen molar-refractivity contribution >= 4 is 17.7 Å². The van der Waals surface area contributed by atoms with Gasteiger partial charge in [-0.15, -0.1) is 11.8 Å². The van der Waals surface area contributed by atoms with E-state index in [2.05, 4.69) is 56.6 Å². The summed E-state index contributed by atoms with van der Waals surface area (Å²) in [4.78, 5) is 15.2. The lowest BCUT2D eigenvalue weighted by atomic mass is 9.92. The molecule has 0 saturated heterocycles. The third kappa shape index (κ3) is 8.12. The van der Waals surface area contributed by atoms with Crippen molar-refractivity contribution in [2.45, 2.75) is 38.6 Å². The van der Waals surface area contributed by atoms with Gasteiger partial charge in [0.1, 0.15) is 0 Å². The summed E-state index contributed by atoms with van der Waals surface area (Å²) in [5.74, 6) is 0.0995. The summed E-state index contributed by atoms with van der Waals surface area (Å²) in [7, 11) is 1.98. The molecule has 0 fully saturated rings. The predicted molar refractivity (Wildman–Crippen MR) is 91.6 cm³/mol. The van der Waals surface area contributed by atoms with E-state index in [0.717, 1.165) is 19.5 Å². The van der Waals surface area contributed by atoms with Crippen molar-refractivity contribution in [2.24, 2.45) is 5.41 Å². The third-order valence-electron chi connectivity index (χ3n) is 3.22. The molecule has 0 aromatic heterocycles. The Morgan fingerprint density at radius 3 is 2.38 bits per heavy atom. The summed E-state index contributed by atoms with van der Waals surface area (Å²) in [5.41, 5.74) is 1.50. The molecule has 0 aliphatic heterocycles. The van der Waals surface area contributed by atoms with Crippen molar-refractivity contribution in [3.05, 3.63) is 29.8 Å². The lowest BCUT2D eigenvalue weighted by molar-refractivity contribution is -0.122. The molecule has 1 amide bonds. The van der Waals surface area contributed by atoms with Crippen LogP contribution in [0.2, 0.25) is 0 Å². The van der Waals surface area contributed by atoms with Crippen molar-refractivity contribution in [1.29, 1.82) is 0 Å². The number of benzene rings is 1. The largest absolute Gasteiger partial charge is 0.355 e. The molecule has 118 valence electrons. The van der Waals surface area contributed by atoms with Crippen LogP contribution in [-0.4, -0.2) is 37.2 Å². The molecule has 0 aliphatic carbocycles. The quantitative estimate of drug-likeness (QED) is 0.784. The molecule has 3 nitrogen and oxygen atoms in total. The summed E-state index contributed by atoms with van der Waals surface area (Å²) < 4.78 is 0. The lowest BCUT2D eigenvalue weighted by Gasteiger charge is -2.20. The molecule has 0 radical (unpaired) electrons. The zero-order valence-corrected chi connectivity index (χ0v) is 14.7. The second-order valence-corrected chi connectivity index (χ2v) is 7.56. The maximum Gasteiger partial charge on any atom is 0.234 e. The number of likely N-dealkylation sites (N-methyl/N-ethyl adjacent to an activating group) is 1. The molecule has 0 saturated carbocycles. The Labute approximate surface area is 133 Å². The highest BCUT2D eigenvalue weighted by molar-refractivity contribution is 7.98. The molecule has 4 heteroatoms. The smallest absolute Gasteiger partial charge is 0.234 e. The van der Waals surface area contributed by atoms with Crippen LogP contribution < -0.4 is 5.32 Å². The summed E-state index contributed by atoms with van der Waals surface area (Å²) in [6.45, 7) is 8.53. The van der Waals surface area contributed by atoms with Crippen LogP contribution in [0.5, 0.6) is 0 Å². The first-order valence-electron chi connectivity index (χ1n) is 7.38. The molecule has 0 unspecified atom stereocenters. The molecule has 1 N–H and O–H groups in total. The number of nitrogens with one attached hydrogen (secondary N) is 1. The molecule has 1 rings (SSSR count). The lowest BCUT2D eigenvalue weighted by Crippen LogP contribution is -2.36. The van der Waals surface area contributed by atoms with Crippen LogP contribution in [0.1, 0.15) is 32.8 Å². The van der Waals surface area contributed by atoms with Crippen LogP contribution in [0.3, 0.4) is 0 Å². The van der Waals surface area contributed by atoms with Gasteiger partial charge >= 0.3 is 0 Å². The van der Waals surface area contributed by atoms with Gasteiger partial charge in [-0.2, -0.15) is 0 Å². The summed E-state index contributed by atoms with van der Waals surface area (Å²) in [5, 5.41) is 2.99. The molecule has 1 aromatic carbocycles. The molecule has 21 heavy (non-hydrogen) atoms. The Balaban J connectivity index is 2.31. The highest BCUT2D eigenvalue weighted by Crippen LogP contribution is 2.17. The monoisotopic (exact) mass is 308 g/mol. The minimum atomic E-state index is 0.0995. The molecule has 0 spiro atoms. The van der Waals surface area contributed by atoms with Crippen LogP contribution in [0.15, 0.2) is 29.2 Å². The van der Waals surface area contributed by atoms with E-state index in [0.29, 0.717) is 6.54 Å². The van der Waals surface area contributed by atoms with Crippen molar-refractivity contribution < 1.29 is 4.79 Å². The average Bonchev–Trinajstić information content (AvgIpc) is 2.37. The Morgan fingerprint density at radius 1 is 1.24 bits per heavy atom. The maximum absolute atomic E-state index is 11.9. The van der Waals surface area contributed by atoms with E-state index in [1.54, 1.807) is 11.8 Å². The van der Waals surface area contributed by atoms with E-state index >= 15 is 0 Å². The molecule has 0 heterocycles. The SMILES string of the molecule is CSc1ccc(CN(C)CC(=O)NCCC(C)(C)C)cc1. The summed E-state index contributed by atoms with van der Waals surface area (Å²) in [6, 6.07) is 8.49. The van der Waals surface area contributed by atoms with Crippen LogP contribution in [0.25, 0.3) is 0 Å². The molecular formula is C17H28N2OS. The van der Waals surface area contributed by atoms with Gasteiger partial charge in [-0.1, -0.05) is 32.9 Å². The minimum Gasteiger partial charge on any atom is -0.355 e. The van der Waals surface area contributed by atoms with Crippen LogP contribution in [0, 0.1) is 5.41 Å². The Bertz CT molecular complexity index is 437. The summed E-state index contributed by atoms with van der Waals surface area (Å²) >= 11 is 1.74. The number of amides is 1. The third-order valence-corrected chi connectivity index (χ3v) is 3.97. The number of carbonyl (C=O) groups is 1. The first-order chi connectivity index (χ1) is 9.80. The number of thioether (sulfide) groups is 1. The molecule has 0 aliphatic rings. The second-order valence-electron chi connectivity index (χ2n) is 6.68. The molecule has 1 aromatic rings. The van der Waals surface area contributed by atoms with Crippen molar-refractivity contribution in [1.82, 2.24) is 10.2 Å². The first kappa shape index (κ1) is 18.1. The normalized spacial score (nSPS) is 11.7. The number of nitrogens with zero attached hydrogens (tertiary/aromatic N) is 1. The van der Waals surface area contributed by atoms with Gasteiger partial charge in [0.15, 0.2) is 0 Å². The molecule has 0 atom stereocenters. The van der Waals surface area contributed by atoms with Gasteiger partial charge in [0, 0.05) is 18.0 Å². The highest BCUT2D eigenvalue weighted by atomic mass is 32.2. The van der Waals surface area contributed by atoms with Gasteiger partial charge in [-0.05, 0) is 42.8 Å². The van der Waals surface area contributed by atoms with Crippen LogP contribution in [0.4, 0.5) is 0 Å². The van der Waals surface area contributed by atoms with E-state index in [1.165, 1.54) is 10.5 Å². The number of hydrogen-bond donors (Lipinski definition) is 1. The van der Waals surface area contributed by atoms with Crippen molar-refractivity contribution in [3.8, 4) is 0 Å². The minimum absolute atomic E-state index is 0.0995. The fourth-order valence-electron chi connectivity index (χ4n) is 1.98. The van der Waals surface area contributed by atoms with Gasteiger partial charge in [0.05, 0.1) is 6.54 Å². The van der Waals surface area contributed by atoms with E-state index in [1.807, 2.05) is 11.9 Å². The number of rotatable bonds is 7. The van der Waals surface area contributed by atoms with Gasteiger partial charge in [0.2, 0.25) is 5.91 Å². The Kier molecular flexibility index (Phi) is 7.26. The Hall–Kier alpha value is -1.00. The van der Waals surface area contributed by atoms with E-state index in [-0.39, 0.29) is 11.3 Å². The van der Waals surface area contributed by atoms with Crippen molar-refractivity contribution in [2.75, 3.05) is 26.4 Å². The maximum atomic E-state index is 11.9. The zero-order chi connectivity index (χ0) is 15.9. The first-order valence-corrected chi connectivity index (χ1v) is 8.61. The van der Waals surface area contributed by atoms with Crippen LogP contribution >= 0.6 is 11.8 Å². The van der Waals surface area contributed by atoms with E-state index in [9.17, 15) is 4.79 Å². The molecular weight excluding hydrogens is 280 g/mol.